The zero-order valence-electron chi connectivity index (χ0n) is 28.4. The molecule has 1 aliphatic carbocycles. The zero-order valence-corrected chi connectivity index (χ0v) is 30.1. The summed E-state index contributed by atoms with van der Waals surface area (Å²) in [7, 11) is 0.795. The second kappa shape index (κ2) is 14.5. The second-order valence-electron chi connectivity index (χ2n) is 13.6. The Kier molecular flexibility index (Phi) is 9.98. The van der Waals surface area contributed by atoms with E-state index >= 15 is 0 Å². The van der Waals surface area contributed by atoms with Crippen molar-refractivity contribution in [3.8, 4) is 21.6 Å². The Bertz CT molecular complexity index is 1930. The van der Waals surface area contributed by atoms with Crippen LogP contribution in [0.5, 0.6) is 0 Å². The van der Waals surface area contributed by atoms with Crippen molar-refractivity contribution >= 4 is 38.0 Å². The molecule has 9 heteroatoms. The summed E-state index contributed by atoms with van der Waals surface area (Å²) in [5, 5.41) is 4.39. The van der Waals surface area contributed by atoms with Gasteiger partial charge in [0, 0.05) is 83.6 Å². The van der Waals surface area contributed by atoms with E-state index in [9.17, 15) is 4.21 Å². The van der Waals surface area contributed by atoms with Crippen LogP contribution in [0.1, 0.15) is 73.8 Å². The summed E-state index contributed by atoms with van der Waals surface area (Å²) in [6.45, 7) is 8.18. The van der Waals surface area contributed by atoms with Crippen molar-refractivity contribution in [3.05, 3.63) is 83.3 Å². The van der Waals surface area contributed by atoms with Crippen LogP contribution in [0.15, 0.2) is 59.9 Å². The van der Waals surface area contributed by atoms with Crippen LogP contribution in [-0.4, -0.2) is 50.2 Å². The molecule has 2 unspecified atom stereocenters. The molecule has 3 aliphatic rings. The maximum atomic E-state index is 13.9. The van der Waals surface area contributed by atoms with Crippen LogP contribution in [0.2, 0.25) is 0 Å². The monoisotopic (exact) mass is 679 g/mol. The molecule has 1 N–H and O–H groups in total. The minimum Gasteiger partial charge on any atom is -0.381 e. The number of ether oxygens (including phenoxy) is 1. The van der Waals surface area contributed by atoms with E-state index in [4.69, 9.17) is 9.72 Å². The van der Waals surface area contributed by atoms with Crippen LogP contribution in [0, 0.1) is 18.8 Å². The predicted octanol–water partition coefficient (Wildman–Crippen LogP) is 8.56. The highest BCUT2D eigenvalue weighted by molar-refractivity contribution is 7.85. The van der Waals surface area contributed by atoms with Gasteiger partial charge in [-0.3, -0.25) is 19.2 Å². The second-order valence-corrected chi connectivity index (χ2v) is 16.1. The SMILES string of the molecule is CNc1nccc2cc(-c3c(-c4ccnc(C)c4)c(CCC4CCOCC4)nc4c3S(=O)CC4C(C)C)sc12.c1cnc2c(c1)CCC2. The molecular formula is C39H45N5O2S2. The van der Waals surface area contributed by atoms with Gasteiger partial charge in [-0.15, -0.1) is 11.3 Å². The number of fused-ring (bicyclic) bond motifs is 3. The Balaban J connectivity index is 0.000000347. The Morgan fingerprint density at radius 3 is 2.62 bits per heavy atom. The normalized spacial score (nSPS) is 18.9. The molecule has 7 nitrogen and oxygen atoms in total. The number of rotatable bonds is 7. The fourth-order valence-electron chi connectivity index (χ4n) is 7.39. The summed E-state index contributed by atoms with van der Waals surface area (Å²) in [6.07, 6.45) is 13.5. The molecule has 7 heterocycles. The summed E-state index contributed by atoms with van der Waals surface area (Å²) in [5.41, 5.74) is 9.22. The molecule has 5 aromatic rings. The smallest absolute Gasteiger partial charge is 0.143 e. The number of aromatic nitrogens is 4. The van der Waals surface area contributed by atoms with Crippen molar-refractivity contribution in [2.24, 2.45) is 11.8 Å². The number of aryl methyl sites for hydroxylation is 4. The van der Waals surface area contributed by atoms with Crippen LogP contribution < -0.4 is 5.32 Å². The molecular weight excluding hydrogens is 635 g/mol. The molecule has 250 valence electrons. The number of thiophene rings is 1. The molecule has 1 fully saturated rings. The third kappa shape index (κ3) is 6.69. The van der Waals surface area contributed by atoms with Crippen LogP contribution in [0.25, 0.3) is 31.7 Å². The Morgan fingerprint density at radius 1 is 1.02 bits per heavy atom. The highest BCUT2D eigenvalue weighted by Crippen LogP contribution is 2.50. The van der Waals surface area contributed by atoms with Gasteiger partial charge in [0.05, 0.1) is 26.1 Å². The van der Waals surface area contributed by atoms with Crippen molar-refractivity contribution in [2.45, 2.75) is 76.5 Å². The Labute approximate surface area is 290 Å². The van der Waals surface area contributed by atoms with E-state index < -0.39 is 10.8 Å². The number of hydrogen-bond donors (Lipinski definition) is 1. The lowest BCUT2D eigenvalue weighted by molar-refractivity contribution is 0.0639. The van der Waals surface area contributed by atoms with Gasteiger partial charge in [0.25, 0.3) is 0 Å². The fraction of sp³-hybridized carbons (Fsp3) is 0.436. The van der Waals surface area contributed by atoms with Gasteiger partial charge in [0.1, 0.15) is 5.82 Å². The van der Waals surface area contributed by atoms with Gasteiger partial charge in [0.15, 0.2) is 0 Å². The summed E-state index contributed by atoms with van der Waals surface area (Å²) < 4.78 is 20.7. The minimum atomic E-state index is -1.11. The first-order valence-corrected chi connectivity index (χ1v) is 19.5. The van der Waals surface area contributed by atoms with Crippen molar-refractivity contribution in [3.63, 3.8) is 0 Å². The van der Waals surface area contributed by atoms with Gasteiger partial charge < -0.3 is 10.1 Å². The van der Waals surface area contributed by atoms with Crippen molar-refractivity contribution < 1.29 is 8.95 Å². The molecule has 0 radical (unpaired) electrons. The highest BCUT2D eigenvalue weighted by Gasteiger charge is 2.37. The largest absolute Gasteiger partial charge is 0.381 e. The Morgan fingerprint density at radius 2 is 1.85 bits per heavy atom. The van der Waals surface area contributed by atoms with E-state index in [1.807, 2.05) is 38.6 Å². The lowest BCUT2D eigenvalue weighted by atomic mass is 9.87. The van der Waals surface area contributed by atoms with Crippen molar-refractivity contribution in [1.29, 1.82) is 0 Å². The molecule has 48 heavy (non-hydrogen) atoms. The fourth-order valence-corrected chi connectivity index (χ4v) is 10.6. The summed E-state index contributed by atoms with van der Waals surface area (Å²) in [6, 6.07) is 12.7. The van der Waals surface area contributed by atoms with Crippen LogP contribution in [0.3, 0.4) is 0 Å². The molecule has 1 saturated heterocycles. The van der Waals surface area contributed by atoms with Crippen LogP contribution in [0.4, 0.5) is 5.82 Å². The van der Waals surface area contributed by atoms with Gasteiger partial charge in [-0.25, -0.2) is 4.98 Å². The van der Waals surface area contributed by atoms with Gasteiger partial charge in [0.2, 0.25) is 0 Å². The third-order valence-electron chi connectivity index (χ3n) is 10.0. The quantitative estimate of drug-likeness (QED) is 0.184. The number of nitrogens with one attached hydrogen (secondary N) is 1. The minimum absolute atomic E-state index is 0.193. The molecule has 2 aliphatic heterocycles. The van der Waals surface area contributed by atoms with Gasteiger partial charge >= 0.3 is 0 Å². The van der Waals surface area contributed by atoms with Crippen LogP contribution in [-0.2, 0) is 34.8 Å². The standard InChI is InChI=1S/C31H36N4O2S2.C8H9N/c1-18(2)23-17-39(36)30-27(25-16-22-8-12-34-31(32-4)29(22)38-25)26(21-7-11-33-19(3)15-21)24(35-28(23)30)6-5-20-9-13-37-14-10-20;1-3-7-4-2-6-9-8(7)5-1/h7-8,11-12,15-16,18,20,23H,5-6,9-10,13-14,17H2,1-4H3,(H,32,34);2,4,6H,1,3,5H2. The predicted molar refractivity (Wildman–Crippen MR) is 197 cm³/mol. The highest BCUT2D eigenvalue weighted by atomic mass is 32.2. The van der Waals surface area contributed by atoms with E-state index in [-0.39, 0.29) is 5.92 Å². The zero-order chi connectivity index (χ0) is 33.2. The van der Waals surface area contributed by atoms with E-state index in [1.165, 1.54) is 30.5 Å². The molecule has 0 spiro atoms. The van der Waals surface area contributed by atoms with Crippen molar-refractivity contribution in [1.82, 2.24) is 19.9 Å². The topological polar surface area (TPSA) is 89.9 Å². The van der Waals surface area contributed by atoms with E-state index in [0.29, 0.717) is 17.6 Å². The van der Waals surface area contributed by atoms with Gasteiger partial charge in [-0.2, -0.15) is 0 Å². The molecule has 0 bridgehead atoms. The maximum Gasteiger partial charge on any atom is 0.143 e. The average Bonchev–Trinajstić information content (AvgIpc) is 3.84. The number of anilines is 1. The molecule has 2 atom stereocenters. The van der Waals surface area contributed by atoms with E-state index in [2.05, 4.69) is 64.4 Å². The average molecular weight is 680 g/mol. The van der Waals surface area contributed by atoms with Gasteiger partial charge in [-0.05, 0) is 111 Å². The molecule has 0 aromatic carbocycles. The summed E-state index contributed by atoms with van der Waals surface area (Å²) in [5.74, 6) is 2.72. The molecule has 0 amide bonds. The first kappa shape index (κ1) is 33.0. The lowest BCUT2D eigenvalue weighted by Gasteiger charge is -2.24. The lowest BCUT2D eigenvalue weighted by Crippen LogP contribution is -2.17. The third-order valence-corrected chi connectivity index (χ3v) is 12.8. The first-order valence-electron chi connectivity index (χ1n) is 17.4. The summed E-state index contributed by atoms with van der Waals surface area (Å²) in [4.78, 5) is 20.8. The molecule has 8 rings (SSSR count). The number of pyridine rings is 4. The first-order chi connectivity index (χ1) is 23.4. The maximum absolute atomic E-state index is 13.9. The number of hydrogen-bond acceptors (Lipinski definition) is 8. The van der Waals surface area contributed by atoms with Crippen molar-refractivity contribution in [2.75, 3.05) is 31.3 Å². The summed E-state index contributed by atoms with van der Waals surface area (Å²) >= 11 is 1.73. The van der Waals surface area contributed by atoms with Crippen LogP contribution >= 0.6 is 11.3 Å². The molecule has 5 aromatic heterocycles. The van der Waals surface area contributed by atoms with Gasteiger partial charge in [-0.1, -0.05) is 19.9 Å². The number of nitrogens with zero attached hydrogens (tertiary/aromatic N) is 4. The molecule has 0 saturated carbocycles. The van der Waals surface area contributed by atoms with E-state index in [1.54, 1.807) is 11.3 Å². The van der Waals surface area contributed by atoms with E-state index in [0.717, 1.165) is 98.3 Å². The Hall–Kier alpha value is -3.53.